The first kappa shape index (κ1) is 11.2. The molecule has 0 spiro atoms. The summed E-state index contributed by atoms with van der Waals surface area (Å²) in [5.41, 5.74) is 1.47. The van der Waals surface area contributed by atoms with Gasteiger partial charge in [0.25, 0.3) is 0 Å². The molecule has 0 saturated carbocycles. The van der Waals surface area contributed by atoms with Gasteiger partial charge in [0.2, 0.25) is 0 Å². The van der Waals surface area contributed by atoms with E-state index < -0.39 is 5.60 Å². The average molecular weight is 233 g/mol. The normalized spacial score (nSPS) is 11.4. The maximum Gasteiger partial charge on any atom is 0.137 e. The fourth-order valence-corrected chi connectivity index (χ4v) is 1.95. The van der Waals surface area contributed by atoms with Gasteiger partial charge in [-0.3, -0.25) is 4.29 Å². The molecule has 16 heavy (non-hydrogen) atoms. The molecule has 1 nitrogen and oxygen atoms in total. The van der Waals surface area contributed by atoms with E-state index >= 15 is 0 Å². The quantitative estimate of drug-likeness (QED) is 0.774. The van der Waals surface area contributed by atoms with Gasteiger partial charge >= 0.3 is 0 Å². The minimum absolute atomic E-state index is 0.607. The molecule has 0 amide bonds. The monoisotopic (exact) mass is 232 g/mol. The van der Waals surface area contributed by atoms with Gasteiger partial charge in [-0.2, -0.15) is 0 Å². The molecule has 0 aliphatic carbocycles. The molecule has 0 unspecified atom stereocenters. The summed E-state index contributed by atoms with van der Waals surface area (Å²) in [5.74, 6) is 0. The summed E-state index contributed by atoms with van der Waals surface area (Å²) in [6, 6.07) is 19.9. The molecule has 0 fully saturated rings. The molecule has 0 N–H and O–H groups in total. The smallest absolute Gasteiger partial charge is 0.137 e. The van der Waals surface area contributed by atoms with Gasteiger partial charge in [0.15, 0.2) is 0 Å². The highest BCUT2D eigenvalue weighted by Crippen LogP contribution is 2.33. The SMILES string of the molecule is CC(OCl)(c1ccccc1)c1ccccc1. The third-order valence-electron chi connectivity index (χ3n) is 2.80. The lowest BCUT2D eigenvalue weighted by molar-refractivity contribution is 0.150. The average Bonchev–Trinajstić information content (AvgIpc) is 2.40. The molecule has 2 rings (SSSR count). The molecule has 0 aliphatic rings. The van der Waals surface area contributed by atoms with Crippen LogP contribution in [-0.4, -0.2) is 0 Å². The van der Waals surface area contributed by atoms with Crippen molar-refractivity contribution in [2.75, 3.05) is 0 Å². The van der Waals surface area contributed by atoms with E-state index in [9.17, 15) is 0 Å². The van der Waals surface area contributed by atoms with E-state index in [0.717, 1.165) is 11.1 Å². The maximum atomic E-state index is 5.68. The van der Waals surface area contributed by atoms with Gasteiger partial charge < -0.3 is 0 Å². The number of hydrogen-bond acceptors (Lipinski definition) is 1. The Balaban J connectivity index is 2.49. The fraction of sp³-hybridized carbons (Fsp3) is 0.143. The minimum atomic E-state index is -0.607. The standard InChI is InChI=1S/C14H13ClO/c1-14(16-15,12-8-4-2-5-9-12)13-10-6-3-7-11-13/h2-11H,1H3. The summed E-state index contributed by atoms with van der Waals surface area (Å²) in [7, 11) is 0. The summed E-state index contributed by atoms with van der Waals surface area (Å²) in [6.07, 6.45) is 0. The second kappa shape index (κ2) is 4.69. The number of hydrogen-bond donors (Lipinski definition) is 0. The van der Waals surface area contributed by atoms with E-state index in [1.165, 1.54) is 0 Å². The Morgan fingerprint density at radius 1 is 0.812 bits per heavy atom. The first-order valence-corrected chi connectivity index (χ1v) is 5.49. The molecule has 2 aromatic rings. The van der Waals surface area contributed by atoms with Gasteiger partial charge in [-0.05, 0) is 18.1 Å². The van der Waals surface area contributed by atoms with E-state index in [0.29, 0.717) is 0 Å². The predicted octanol–water partition coefficient (Wildman–Crippen LogP) is 4.12. The second-order valence-electron chi connectivity index (χ2n) is 3.84. The lowest BCUT2D eigenvalue weighted by atomic mass is 9.88. The first-order valence-electron chi connectivity index (χ1n) is 5.18. The molecule has 2 aromatic carbocycles. The van der Waals surface area contributed by atoms with Gasteiger partial charge in [-0.25, -0.2) is 0 Å². The lowest BCUT2D eigenvalue weighted by Gasteiger charge is -2.27. The summed E-state index contributed by atoms with van der Waals surface area (Å²) in [5, 5.41) is 0. The minimum Gasteiger partial charge on any atom is -0.263 e. The van der Waals surface area contributed by atoms with Crippen LogP contribution < -0.4 is 0 Å². The summed E-state index contributed by atoms with van der Waals surface area (Å²) in [6.45, 7) is 1.96. The topological polar surface area (TPSA) is 9.23 Å². The van der Waals surface area contributed by atoms with E-state index in [4.69, 9.17) is 16.2 Å². The van der Waals surface area contributed by atoms with Gasteiger partial charge in [-0.15, -0.1) is 0 Å². The van der Waals surface area contributed by atoms with Crippen molar-refractivity contribution in [2.24, 2.45) is 0 Å². The zero-order valence-corrected chi connectivity index (χ0v) is 9.82. The van der Waals surface area contributed by atoms with Crippen molar-refractivity contribution in [3.8, 4) is 0 Å². The predicted molar refractivity (Wildman–Crippen MR) is 66.3 cm³/mol. The zero-order chi connectivity index (χ0) is 11.4. The van der Waals surface area contributed by atoms with Crippen molar-refractivity contribution in [2.45, 2.75) is 12.5 Å². The van der Waals surface area contributed by atoms with Gasteiger partial charge in [0.05, 0.1) is 11.9 Å². The number of halogens is 1. The Hall–Kier alpha value is -1.31. The third kappa shape index (κ3) is 1.97. The van der Waals surface area contributed by atoms with Crippen LogP contribution in [0.2, 0.25) is 0 Å². The Morgan fingerprint density at radius 3 is 1.50 bits per heavy atom. The Labute approximate surface area is 101 Å². The van der Waals surface area contributed by atoms with Gasteiger partial charge in [-0.1, -0.05) is 60.7 Å². The molecule has 0 saturated heterocycles. The van der Waals surface area contributed by atoms with Crippen LogP contribution in [0.1, 0.15) is 18.1 Å². The summed E-state index contributed by atoms with van der Waals surface area (Å²) >= 11 is 5.68. The van der Waals surface area contributed by atoms with Crippen molar-refractivity contribution < 1.29 is 4.29 Å². The van der Waals surface area contributed by atoms with Crippen LogP contribution >= 0.6 is 11.9 Å². The highest BCUT2D eigenvalue weighted by molar-refractivity contribution is 6.07. The van der Waals surface area contributed by atoms with Gasteiger partial charge in [0.1, 0.15) is 5.60 Å². The molecule has 0 bridgehead atoms. The summed E-state index contributed by atoms with van der Waals surface area (Å²) in [4.78, 5) is 0. The van der Waals surface area contributed by atoms with Crippen molar-refractivity contribution in [3.63, 3.8) is 0 Å². The number of rotatable bonds is 3. The van der Waals surface area contributed by atoms with Crippen molar-refractivity contribution in [1.29, 1.82) is 0 Å². The number of benzene rings is 2. The van der Waals surface area contributed by atoms with Crippen LogP contribution in [-0.2, 0) is 9.89 Å². The molecular formula is C14H13ClO. The van der Waals surface area contributed by atoms with Gasteiger partial charge in [0, 0.05) is 0 Å². The molecule has 0 aromatic heterocycles. The zero-order valence-electron chi connectivity index (χ0n) is 9.06. The van der Waals surface area contributed by atoms with Crippen LogP contribution in [0.4, 0.5) is 0 Å². The van der Waals surface area contributed by atoms with Crippen LogP contribution in [0.15, 0.2) is 60.7 Å². The fourth-order valence-electron chi connectivity index (χ4n) is 1.77. The van der Waals surface area contributed by atoms with E-state index in [-0.39, 0.29) is 0 Å². The molecule has 0 aliphatic heterocycles. The van der Waals surface area contributed by atoms with E-state index in [1.807, 2.05) is 67.6 Å². The highest BCUT2D eigenvalue weighted by atomic mass is 35.5. The Morgan fingerprint density at radius 2 is 1.19 bits per heavy atom. The maximum absolute atomic E-state index is 5.68. The van der Waals surface area contributed by atoms with E-state index in [2.05, 4.69) is 0 Å². The van der Waals surface area contributed by atoms with Crippen molar-refractivity contribution in [3.05, 3.63) is 71.8 Å². The van der Waals surface area contributed by atoms with Crippen LogP contribution in [0, 0.1) is 0 Å². The molecule has 2 heteroatoms. The summed E-state index contributed by atoms with van der Waals surface area (Å²) < 4.78 is 5.18. The Kier molecular flexibility index (Phi) is 3.28. The molecule has 0 heterocycles. The van der Waals surface area contributed by atoms with Crippen LogP contribution in [0.3, 0.4) is 0 Å². The molecule has 82 valence electrons. The van der Waals surface area contributed by atoms with Crippen molar-refractivity contribution in [1.82, 2.24) is 0 Å². The van der Waals surface area contributed by atoms with Crippen molar-refractivity contribution >= 4 is 11.9 Å². The largest absolute Gasteiger partial charge is 0.263 e. The third-order valence-corrected chi connectivity index (χ3v) is 3.11. The first-order chi connectivity index (χ1) is 7.77. The highest BCUT2D eigenvalue weighted by Gasteiger charge is 2.29. The second-order valence-corrected chi connectivity index (χ2v) is 4.00. The van der Waals surface area contributed by atoms with E-state index in [1.54, 1.807) is 0 Å². The van der Waals surface area contributed by atoms with Crippen LogP contribution in [0.25, 0.3) is 0 Å². The molecule has 0 atom stereocenters. The lowest BCUT2D eigenvalue weighted by Crippen LogP contribution is -2.23. The van der Waals surface area contributed by atoms with Crippen LogP contribution in [0.5, 0.6) is 0 Å². The Bertz CT molecular complexity index is 399. The molecular weight excluding hydrogens is 220 g/mol. The molecule has 0 radical (unpaired) electrons.